The largest absolute Gasteiger partial charge is 0.492 e. The SMILES string of the molecule is CC#CC(=O)N1CCC2(CC(n3nc(-c4ccc(OCCC)c(Cl)c4)c(C(N)=O)c3N)C2)C1. The van der Waals surface area contributed by atoms with Gasteiger partial charge in [0.2, 0.25) is 0 Å². The number of amides is 2. The fourth-order valence-corrected chi connectivity index (χ4v) is 5.12. The van der Waals surface area contributed by atoms with Crippen LogP contribution in [0.1, 0.15) is 55.9 Å². The Kier molecular flexibility index (Phi) is 6.26. The Balaban J connectivity index is 1.57. The number of benzene rings is 1. The second kappa shape index (κ2) is 8.99. The van der Waals surface area contributed by atoms with Gasteiger partial charge in [-0.1, -0.05) is 24.4 Å². The van der Waals surface area contributed by atoms with Crippen molar-refractivity contribution >= 4 is 29.2 Å². The van der Waals surface area contributed by atoms with Crippen LogP contribution in [-0.4, -0.2) is 46.2 Å². The van der Waals surface area contributed by atoms with Crippen molar-refractivity contribution in [3.8, 4) is 28.8 Å². The number of anilines is 1. The molecular weight excluding hydrogens is 442 g/mol. The van der Waals surface area contributed by atoms with Crippen molar-refractivity contribution < 1.29 is 14.3 Å². The first-order valence-corrected chi connectivity index (χ1v) is 11.5. The van der Waals surface area contributed by atoms with Crippen molar-refractivity contribution in [2.24, 2.45) is 11.1 Å². The standard InChI is InChI=1S/C24H28ClN5O3/c1-3-5-19(31)29-9-8-24(14-29)12-16(13-24)30-22(26)20(23(27)32)21(28-30)15-6-7-18(17(25)11-15)33-10-4-2/h6-7,11,16H,4,8-10,12-14,26H2,1-2H3,(H2,27,32). The molecule has 2 aliphatic rings. The van der Waals surface area contributed by atoms with E-state index >= 15 is 0 Å². The Morgan fingerprint density at radius 1 is 1.36 bits per heavy atom. The van der Waals surface area contributed by atoms with E-state index in [-0.39, 0.29) is 28.7 Å². The lowest BCUT2D eigenvalue weighted by Crippen LogP contribution is -2.42. The molecule has 0 unspecified atom stereocenters. The smallest absolute Gasteiger partial charge is 0.298 e. The van der Waals surface area contributed by atoms with Gasteiger partial charge in [0.15, 0.2) is 0 Å². The summed E-state index contributed by atoms with van der Waals surface area (Å²) in [4.78, 5) is 26.2. The van der Waals surface area contributed by atoms with E-state index < -0.39 is 5.91 Å². The second-order valence-electron chi connectivity index (χ2n) is 8.83. The molecule has 2 fully saturated rings. The lowest BCUT2D eigenvalue weighted by atomic mass is 9.65. The third-order valence-electron chi connectivity index (χ3n) is 6.50. The minimum Gasteiger partial charge on any atom is -0.492 e. The highest BCUT2D eigenvalue weighted by Crippen LogP contribution is 2.54. The van der Waals surface area contributed by atoms with Gasteiger partial charge in [-0.3, -0.25) is 9.59 Å². The number of hydrogen-bond donors (Lipinski definition) is 2. The molecule has 0 bridgehead atoms. The van der Waals surface area contributed by atoms with Crippen molar-refractivity contribution in [1.82, 2.24) is 14.7 Å². The average molecular weight is 470 g/mol. The Labute approximate surface area is 198 Å². The molecule has 8 nitrogen and oxygen atoms in total. The van der Waals surface area contributed by atoms with Crippen LogP contribution in [-0.2, 0) is 4.79 Å². The van der Waals surface area contributed by atoms with Crippen LogP contribution in [0.4, 0.5) is 5.82 Å². The molecule has 1 saturated heterocycles. The number of primary amides is 1. The van der Waals surface area contributed by atoms with Crippen LogP contribution in [0.25, 0.3) is 11.3 Å². The van der Waals surface area contributed by atoms with Gasteiger partial charge in [0.1, 0.15) is 22.8 Å². The summed E-state index contributed by atoms with van der Waals surface area (Å²) in [7, 11) is 0. The zero-order chi connectivity index (χ0) is 23.8. The van der Waals surface area contributed by atoms with Crippen LogP contribution in [0.2, 0.25) is 5.02 Å². The van der Waals surface area contributed by atoms with Crippen LogP contribution >= 0.6 is 11.6 Å². The van der Waals surface area contributed by atoms with Gasteiger partial charge in [0.05, 0.1) is 17.7 Å². The summed E-state index contributed by atoms with van der Waals surface area (Å²) in [5, 5.41) is 5.11. The minimum absolute atomic E-state index is 0.0341. The van der Waals surface area contributed by atoms with Crippen LogP contribution in [0.3, 0.4) is 0 Å². The second-order valence-corrected chi connectivity index (χ2v) is 9.23. The summed E-state index contributed by atoms with van der Waals surface area (Å²) in [6.45, 7) is 5.63. The molecule has 1 aliphatic carbocycles. The Bertz CT molecular complexity index is 1160. The maximum atomic E-state index is 12.3. The maximum absolute atomic E-state index is 12.3. The molecule has 2 heterocycles. The Morgan fingerprint density at radius 3 is 2.76 bits per heavy atom. The van der Waals surface area contributed by atoms with E-state index in [4.69, 9.17) is 27.8 Å². The van der Waals surface area contributed by atoms with Crippen molar-refractivity contribution in [3.05, 3.63) is 28.8 Å². The molecule has 9 heteroatoms. The third-order valence-corrected chi connectivity index (χ3v) is 6.80. The highest BCUT2D eigenvalue weighted by Gasteiger charge is 2.51. The number of ether oxygens (including phenoxy) is 1. The topological polar surface area (TPSA) is 116 Å². The summed E-state index contributed by atoms with van der Waals surface area (Å²) in [5.74, 6) is 5.35. The molecule has 2 amide bonds. The summed E-state index contributed by atoms with van der Waals surface area (Å²) in [6.07, 6.45) is 3.44. The van der Waals surface area contributed by atoms with Gasteiger partial charge < -0.3 is 21.1 Å². The molecule has 1 spiro atoms. The molecule has 174 valence electrons. The molecule has 33 heavy (non-hydrogen) atoms. The molecular formula is C24H28ClN5O3. The fraction of sp³-hybridized carbons (Fsp3) is 0.458. The van der Waals surface area contributed by atoms with Gasteiger partial charge in [-0.15, -0.1) is 0 Å². The molecule has 4 N–H and O–H groups in total. The number of nitrogens with zero attached hydrogens (tertiary/aromatic N) is 3. The molecule has 1 aromatic carbocycles. The summed E-state index contributed by atoms with van der Waals surface area (Å²) < 4.78 is 7.33. The molecule has 0 atom stereocenters. The fourth-order valence-electron chi connectivity index (χ4n) is 4.89. The van der Waals surface area contributed by atoms with Crippen LogP contribution in [0.5, 0.6) is 5.75 Å². The van der Waals surface area contributed by atoms with Gasteiger partial charge in [-0.25, -0.2) is 4.68 Å². The number of aromatic nitrogens is 2. The van der Waals surface area contributed by atoms with Gasteiger partial charge in [0.25, 0.3) is 11.8 Å². The summed E-state index contributed by atoms with van der Waals surface area (Å²) in [5.41, 5.74) is 13.3. The minimum atomic E-state index is -0.638. The molecule has 1 aliphatic heterocycles. The van der Waals surface area contributed by atoms with Crippen molar-refractivity contribution in [1.29, 1.82) is 0 Å². The van der Waals surface area contributed by atoms with E-state index in [9.17, 15) is 9.59 Å². The monoisotopic (exact) mass is 469 g/mol. The number of rotatable bonds is 6. The molecule has 4 rings (SSSR count). The number of halogens is 1. The third kappa shape index (κ3) is 4.25. The van der Waals surface area contributed by atoms with Gasteiger partial charge in [0, 0.05) is 18.7 Å². The Morgan fingerprint density at radius 2 is 2.12 bits per heavy atom. The zero-order valence-corrected chi connectivity index (χ0v) is 19.6. The normalized spacial score (nSPS) is 21.4. The highest BCUT2D eigenvalue weighted by molar-refractivity contribution is 6.32. The van der Waals surface area contributed by atoms with Gasteiger partial charge >= 0.3 is 0 Å². The number of likely N-dealkylation sites (tertiary alicyclic amines) is 1. The summed E-state index contributed by atoms with van der Waals surface area (Å²) in [6, 6.07) is 5.30. The van der Waals surface area contributed by atoms with Crippen molar-refractivity contribution in [2.45, 2.75) is 45.6 Å². The Hall–Kier alpha value is -3.18. The van der Waals surface area contributed by atoms with E-state index in [2.05, 4.69) is 16.9 Å². The van der Waals surface area contributed by atoms with Gasteiger partial charge in [-0.05, 0) is 62.1 Å². The van der Waals surface area contributed by atoms with Crippen LogP contribution in [0, 0.1) is 17.3 Å². The summed E-state index contributed by atoms with van der Waals surface area (Å²) >= 11 is 6.39. The predicted molar refractivity (Wildman–Crippen MR) is 127 cm³/mol. The lowest BCUT2D eigenvalue weighted by Gasteiger charge is -2.45. The zero-order valence-electron chi connectivity index (χ0n) is 18.9. The van der Waals surface area contributed by atoms with Crippen LogP contribution < -0.4 is 16.2 Å². The van der Waals surface area contributed by atoms with E-state index in [0.29, 0.717) is 41.7 Å². The van der Waals surface area contributed by atoms with E-state index in [1.54, 1.807) is 29.8 Å². The number of nitrogen functional groups attached to an aromatic ring is 1. The first-order valence-electron chi connectivity index (χ1n) is 11.1. The van der Waals surface area contributed by atoms with E-state index in [0.717, 1.165) is 25.7 Å². The number of hydrogen-bond acceptors (Lipinski definition) is 5. The van der Waals surface area contributed by atoms with Crippen molar-refractivity contribution in [2.75, 3.05) is 25.4 Å². The number of carbonyl (C=O) groups is 2. The maximum Gasteiger partial charge on any atom is 0.298 e. The highest BCUT2D eigenvalue weighted by atomic mass is 35.5. The molecule has 1 saturated carbocycles. The molecule has 1 aromatic heterocycles. The predicted octanol–water partition coefficient (Wildman–Crippen LogP) is 3.25. The van der Waals surface area contributed by atoms with E-state index in [1.807, 2.05) is 11.8 Å². The number of nitrogens with two attached hydrogens (primary N) is 2. The molecule has 0 radical (unpaired) electrons. The first-order chi connectivity index (χ1) is 15.8. The van der Waals surface area contributed by atoms with E-state index in [1.165, 1.54) is 0 Å². The average Bonchev–Trinajstić information content (AvgIpc) is 3.34. The quantitative estimate of drug-likeness (QED) is 0.630. The van der Waals surface area contributed by atoms with Gasteiger partial charge in [-0.2, -0.15) is 5.10 Å². The first kappa shape index (κ1) is 23.0. The number of carbonyl (C=O) groups excluding carboxylic acids is 2. The lowest BCUT2D eigenvalue weighted by molar-refractivity contribution is -0.125. The van der Waals surface area contributed by atoms with Crippen LogP contribution in [0.15, 0.2) is 18.2 Å². The van der Waals surface area contributed by atoms with Crippen molar-refractivity contribution in [3.63, 3.8) is 0 Å². The molecule has 2 aromatic rings.